The number of aryl methyl sites for hydroxylation is 3. The van der Waals surface area contributed by atoms with Gasteiger partial charge in [0.2, 0.25) is 5.91 Å². The fourth-order valence-electron chi connectivity index (χ4n) is 2.87. The molecule has 3 aromatic rings. The van der Waals surface area contributed by atoms with E-state index in [4.69, 9.17) is 0 Å². The minimum atomic E-state index is -0.143. The fraction of sp³-hybridized carbons (Fsp3) is 0.190. The van der Waals surface area contributed by atoms with E-state index in [0.29, 0.717) is 10.6 Å². The van der Waals surface area contributed by atoms with Gasteiger partial charge < -0.3 is 5.32 Å². The van der Waals surface area contributed by atoms with Crippen LogP contribution in [0.25, 0.3) is 10.9 Å². The van der Waals surface area contributed by atoms with Crippen molar-refractivity contribution >= 4 is 50.2 Å². The monoisotopic (exact) mass is 439 g/mol. The molecule has 0 saturated heterocycles. The molecule has 0 aliphatic heterocycles. The predicted molar refractivity (Wildman–Crippen MR) is 114 cm³/mol. The Morgan fingerprint density at radius 1 is 1.19 bits per heavy atom. The molecule has 0 aliphatic rings. The highest BCUT2D eigenvalue weighted by Gasteiger charge is 2.12. The molecule has 6 heteroatoms. The van der Waals surface area contributed by atoms with E-state index in [1.165, 1.54) is 11.8 Å². The van der Waals surface area contributed by atoms with Gasteiger partial charge in [0.25, 0.3) is 0 Å². The SMILES string of the molecule is Cc1ccc(NC(=O)CSc2nc3c(C)cc(C)cc3cc2C#N)c(Br)c1. The number of hydrogen-bond acceptors (Lipinski definition) is 4. The molecule has 0 atom stereocenters. The second-order valence-electron chi connectivity index (χ2n) is 6.43. The number of carbonyl (C=O) groups excluding carboxylic acids is 1. The number of amides is 1. The second kappa shape index (κ2) is 8.12. The summed E-state index contributed by atoms with van der Waals surface area (Å²) in [5.74, 6) is 0.0364. The quantitative estimate of drug-likeness (QED) is 0.542. The van der Waals surface area contributed by atoms with Crippen molar-refractivity contribution in [1.82, 2.24) is 4.98 Å². The molecule has 0 saturated carbocycles. The Morgan fingerprint density at radius 3 is 2.67 bits per heavy atom. The number of fused-ring (bicyclic) bond motifs is 1. The average molecular weight is 440 g/mol. The number of hydrogen-bond donors (Lipinski definition) is 1. The molecular formula is C21H18BrN3OS. The van der Waals surface area contributed by atoms with Crippen molar-refractivity contribution in [1.29, 1.82) is 5.26 Å². The third-order valence-electron chi connectivity index (χ3n) is 4.08. The van der Waals surface area contributed by atoms with E-state index in [2.05, 4.69) is 38.4 Å². The van der Waals surface area contributed by atoms with Crippen molar-refractivity contribution in [3.05, 3.63) is 63.1 Å². The molecule has 0 unspecified atom stereocenters. The van der Waals surface area contributed by atoms with Crippen molar-refractivity contribution in [2.24, 2.45) is 0 Å². The van der Waals surface area contributed by atoms with E-state index in [1.807, 2.05) is 51.1 Å². The maximum atomic E-state index is 12.3. The third-order valence-corrected chi connectivity index (χ3v) is 5.72. The largest absolute Gasteiger partial charge is 0.324 e. The van der Waals surface area contributed by atoms with Gasteiger partial charge in [0, 0.05) is 9.86 Å². The van der Waals surface area contributed by atoms with Gasteiger partial charge in [-0.1, -0.05) is 29.5 Å². The van der Waals surface area contributed by atoms with Gasteiger partial charge in [-0.2, -0.15) is 5.26 Å². The number of nitriles is 1. The van der Waals surface area contributed by atoms with Gasteiger partial charge >= 0.3 is 0 Å². The highest BCUT2D eigenvalue weighted by molar-refractivity contribution is 9.10. The van der Waals surface area contributed by atoms with Crippen LogP contribution in [-0.2, 0) is 4.79 Å². The van der Waals surface area contributed by atoms with E-state index in [-0.39, 0.29) is 11.7 Å². The lowest BCUT2D eigenvalue weighted by Gasteiger charge is -2.10. The molecule has 1 aromatic heterocycles. The van der Waals surface area contributed by atoms with Crippen molar-refractivity contribution in [3.8, 4) is 6.07 Å². The van der Waals surface area contributed by atoms with Crippen molar-refractivity contribution in [2.45, 2.75) is 25.8 Å². The summed E-state index contributed by atoms with van der Waals surface area (Å²) in [7, 11) is 0. The number of aromatic nitrogens is 1. The van der Waals surface area contributed by atoms with Gasteiger partial charge in [-0.15, -0.1) is 0 Å². The maximum Gasteiger partial charge on any atom is 0.234 e. The Kier molecular flexibility index (Phi) is 5.83. The zero-order valence-corrected chi connectivity index (χ0v) is 17.7. The first-order valence-electron chi connectivity index (χ1n) is 8.38. The lowest BCUT2D eigenvalue weighted by Crippen LogP contribution is -2.14. The maximum absolute atomic E-state index is 12.3. The molecule has 0 fully saturated rings. The topological polar surface area (TPSA) is 65.8 Å². The Hall–Kier alpha value is -2.36. The number of pyridine rings is 1. The van der Waals surface area contributed by atoms with E-state index >= 15 is 0 Å². The first-order chi connectivity index (χ1) is 12.9. The minimum absolute atomic E-state index is 0.143. The molecular weight excluding hydrogens is 422 g/mol. The Morgan fingerprint density at radius 2 is 1.96 bits per heavy atom. The summed E-state index contributed by atoms with van der Waals surface area (Å²) in [4.78, 5) is 17.0. The van der Waals surface area contributed by atoms with Crippen LogP contribution in [0.3, 0.4) is 0 Å². The van der Waals surface area contributed by atoms with Gasteiger partial charge in [-0.25, -0.2) is 4.98 Å². The van der Waals surface area contributed by atoms with Gasteiger partial charge in [-0.3, -0.25) is 4.79 Å². The van der Waals surface area contributed by atoms with Crippen LogP contribution in [-0.4, -0.2) is 16.6 Å². The molecule has 0 aliphatic carbocycles. The smallest absolute Gasteiger partial charge is 0.234 e. The van der Waals surface area contributed by atoms with Crippen molar-refractivity contribution in [2.75, 3.05) is 11.1 Å². The number of rotatable bonds is 4. The fourth-order valence-corrected chi connectivity index (χ4v) is 4.21. The highest BCUT2D eigenvalue weighted by atomic mass is 79.9. The van der Waals surface area contributed by atoms with Gasteiger partial charge in [0.1, 0.15) is 11.1 Å². The second-order valence-corrected chi connectivity index (χ2v) is 8.24. The number of anilines is 1. The van der Waals surface area contributed by atoms with Crippen molar-refractivity contribution in [3.63, 3.8) is 0 Å². The van der Waals surface area contributed by atoms with Crippen LogP contribution >= 0.6 is 27.7 Å². The zero-order chi connectivity index (χ0) is 19.6. The lowest BCUT2D eigenvalue weighted by molar-refractivity contribution is -0.113. The average Bonchev–Trinajstić information content (AvgIpc) is 2.61. The zero-order valence-electron chi connectivity index (χ0n) is 15.3. The summed E-state index contributed by atoms with van der Waals surface area (Å²) in [6, 6.07) is 13.9. The predicted octanol–water partition coefficient (Wildman–Crippen LogP) is 5.53. The lowest BCUT2D eigenvalue weighted by atomic mass is 10.1. The van der Waals surface area contributed by atoms with Gasteiger partial charge in [-0.05, 0) is 72.1 Å². The van der Waals surface area contributed by atoms with Crippen LogP contribution in [0, 0.1) is 32.1 Å². The number of nitrogens with zero attached hydrogens (tertiary/aromatic N) is 2. The van der Waals surface area contributed by atoms with E-state index < -0.39 is 0 Å². The Balaban J connectivity index is 1.79. The number of carbonyl (C=O) groups is 1. The summed E-state index contributed by atoms with van der Waals surface area (Å²) < 4.78 is 0.841. The molecule has 3 rings (SSSR count). The van der Waals surface area contributed by atoms with Crippen LogP contribution in [0.15, 0.2) is 45.9 Å². The molecule has 1 amide bonds. The summed E-state index contributed by atoms with van der Waals surface area (Å²) >= 11 is 4.73. The first-order valence-corrected chi connectivity index (χ1v) is 10.2. The number of thioether (sulfide) groups is 1. The molecule has 27 heavy (non-hydrogen) atoms. The molecule has 1 heterocycles. The summed E-state index contributed by atoms with van der Waals surface area (Å²) in [6.45, 7) is 6.02. The summed E-state index contributed by atoms with van der Waals surface area (Å²) in [6.07, 6.45) is 0. The standard InChI is InChI=1S/C21H18BrN3OS/c1-12-4-5-18(17(22)8-12)24-19(26)11-27-21-16(10-23)9-15-7-13(2)6-14(3)20(15)25-21/h4-9H,11H2,1-3H3,(H,24,26). The van der Waals surface area contributed by atoms with Crippen LogP contribution in [0.5, 0.6) is 0 Å². The van der Waals surface area contributed by atoms with E-state index in [9.17, 15) is 10.1 Å². The highest BCUT2D eigenvalue weighted by Crippen LogP contribution is 2.28. The Bertz CT molecular complexity index is 1090. The Labute approximate surface area is 171 Å². The molecule has 0 radical (unpaired) electrons. The number of halogens is 1. The molecule has 2 aromatic carbocycles. The third kappa shape index (κ3) is 4.49. The van der Waals surface area contributed by atoms with E-state index in [0.717, 1.165) is 37.8 Å². The number of nitrogens with one attached hydrogen (secondary N) is 1. The molecule has 136 valence electrons. The molecule has 4 nitrogen and oxygen atoms in total. The minimum Gasteiger partial charge on any atom is -0.324 e. The van der Waals surface area contributed by atoms with Gasteiger partial charge in [0.15, 0.2) is 0 Å². The van der Waals surface area contributed by atoms with Crippen LogP contribution < -0.4 is 5.32 Å². The van der Waals surface area contributed by atoms with Crippen molar-refractivity contribution < 1.29 is 4.79 Å². The molecule has 0 spiro atoms. The molecule has 0 bridgehead atoms. The molecule has 1 N–H and O–H groups in total. The summed E-state index contributed by atoms with van der Waals surface area (Å²) in [5, 5.41) is 13.9. The normalized spacial score (nSPS) is 10.6. The van der Waals surface area contributed by atoms with Crippen LogP contribution in [0.4, 0.5) is 5.69 Å². The summed E-state index contributed by atoms with van der Waals surface area (Å²) in [5.41, 5.74) is 5.38. The number of benzene rings is 2. The first kappa shape index (κ1) is 19.4. The van der Waals surface area contributed by atoms with Crippen LogP contribution in [0.2, 0.25) is 0 Å². The van der Waals surface area contributed by atoms with Crippen LogP contribution in [0.1, 0.15) is 22.3 Å². The van der Waals surface area contributed by atoms with Gasteiger partial charge in [0.05, 0.1) is 22.5 Å². The van der Waals surface area contributed by atoms with E-state index in [1.54, 1.807) is 0 Å².